The number of nitrogens with zero attached hydrogens (tertiary/aromatic N) is 6. The van der Waals surface area contributed by atoms with E-state index < -0.39 is 0 Å². The summed E-state index contributed by atoms with van der Waals surface area (Å²) in [6.07, 6.45) is 3.71. The van der Waals surface area contributed by atoms with Crippen molar-refractivity contribution in [3.05, 3.63) is 70.0 Å². The maximum absolute atomic E-state index is 13.3. The largest absolute Gasteiger partial charge is 0.373 e. The lowest BCUT2D eigenvalue weighted by Crippen LogP contribution is -2.44. The van der Waals surface area contributed by atoms with Gasteiger partial charge >= 0.3 is 5.69 Å². The molecule has 1 aromatic carbocycles. The normalized spacial score (nSPS) is 19.8. The van der Waals surface area contributed by atoms with Crippen LogP contribution >= 0.6 is 0 Å². The van der Waals surface area contributed by atoms with Gasteiger partial charge in [0, 0.05) is 25.8 Å². The standard InChI is InChI=1S/C26H32N6O2/c1-17-12-30(13-18(2)34-17)14-20-10-22-23(27-11-20)31(25(33)32-24(22)28-16-29-32)15-19-6-8-21(9-7-19)26(3,4)5/h6-11,16-18H,12-15H2,1-5H3. The Bertz CT molecular complexity index is 1370. The predicted octanol–water partition coefficient (Wildman–Crippen LogP) is 3.39. The zero-order valence-electron chi connectivity index (χ0n) is 20.5. The van der Waals surface area contributed by atoms with Gasteiger partial charge < -0.3 is 4.74 Å². The van der Waals surface area contributed by atoms with Crippen molar-refractivity contribution in [3.63, 3.8) is 0 Å². The molecule has 0 bridgehead atoms. The molecular formula is C26H32N6O2. The van der Waals surface area contributed by atoms with E-state index in [0.29, 0.717) is 17.8 Å². The molecule has 1 saturated heterocycles. The minimum Gasteiger partial charge on any atom is -0.373 e. The lowest BCUT2D eigenvalue weighted by Gasteiger charge is -2.35. The van der Waals surface area contributed by atoms with Crippen molar-refractivity contribution in [2.24, 2.45) is 0 Å². The highest BCUT2D eigenvalue weighted by molar-refractivity contribution is 5.89. The molecular weight excluding hydrogens is 428 g/mol. The van der Waals surface area contributed by atoms with E-state index in [1.165, 1.54) is 16.4 Å². The maximum Gasteiger partial charge on any atom is 0.352 e. The lowest BCUT2D eigenvalue weighted by atomic mass is 9.87. The second-order valence-electron chi connectivity index (χ2n) is 10.5. The van der Waals surface area contributed by atoms with Gasteiger partial charge in [0.2, 0.25) is 0 Å². The molecule has 0 amide bonds. The number of hydrogen-bond donors (Lipinski definition) is 0. The number of benzene rings is 1. The molecule has 0 saturated carbocycles. The van der Waals surface area contributed by atoms with Gasteiger partial charge in [0.15, 0.2) is 5.65 Å². The molecule has 2 unspecified atom stereocenters. The van der Waals surface area contributed by atoms with Gasteiger partial charge in [0.25, 0.3) is 0 Å². The number of morpholine rings is 1. The Balaban J connectivity index is 1.53. The summed E-state index contributed by atoms with van der Waals surface area (Å²) in [5, 5.41) is 5.03. The zero-order chi connectivity index (χ0) is 24.0. The summed E-state index contributed by atoms with van der Waals surface area (Å²) in [6, 6.07) is 10.5. The van der Waals surface area contributed by atoms with E-state index in [1.54, 1.807) is 4.57 Å². The number of aromatic nitrogens is 5. The SMILES string of the molecule is CC1CN(Cc2cnc3c(c2)c2ncnn2c(=O)n3Cc2ccc(C(C)(C)C)cc2)CC(C)O1. The molecule has 8 heteroatoms. The van der Waals surface area contributed by atoms with Gasteiger partial charge in [0.1, 0.15) is 12.0 Å². The molecule has 2 atom stereocenters. The topological polar surface area (TPSA) is 77.6 Å². The van der Waals surface area contributed by atoms with E-state index >= 15 is 0 Å². The van der Waals surface area contributed by atoms with Crippen LogP contribution in [0, 0.1) is 0 Å². The molecule has 1 aliphatic heterocycles. The van der Waals surface area contributed by atoms with Crippen LogP contribution in [0.15, 0.2) is 47.7 Å². The second-order valence-corrected chi connectivity index (χ2v) is 10.5. The maximum atomic E-state index is 13.3. The number of fused-ring (bicyclic) bond motifs is 3. The second kappa shape index (κ2) is 8.60. The molecule has 4 heterocycles. The number of ether oxygens (including phenoxy) is 1. The Kier molecular flexibility index (Phi) is 5.73. The Labute approximate surface area is 199 Å². The van der Waals surface area contributed by atoms with Gasteiger partial charge in [-0.25, -0.2) is 14.8 Å². The number of pyridine rings is 1. The van der Waals surface area contributed by atoms with Gasteiger partial charge in [0.05, 0.1) is 24.1 Å². The van der Waals surface area contributed by atoms with Gasteiger partial charge in [-0.1, -0.05) is 45.0 Å². The van der Waals surface area contributed by atoms with Gasteiger partial charge in [-0.2, -0.15) is 9.61 Å². The zero-order valence-corrected chi connectivity index (χ0v) is 20.5. The first-order chi connectivity index (χ1) is 16.2. The molecule has 8 nitrogen and oxygen atoms in total. The minimum atomic E-state index is -0.240. The molecule has 0 spiro atoms. The monoisotopic (exact) mass is 460 g/mol. The van der Waals surface area contributed by atoms with Gasteiger partial charge in [-0.3, -0.25) is 9.47 Å². The van der Waals surface area contributed by atoms with Crippen LogP contribution in [0.3, 0.4) is 0 Å². The summed E-state index contributed by atoms with van der Waals surface area (Å²) in [7, 11) is 0. The van der Waals surface area contributed by atoms with Crippen LogP contribution in [0.1, 0.15) is 51.3 Å². The highest BCUT2D eigenvalue weighted by Gasteiger charge is 2.23. The Morgan fingerprint density at radius 3 is 2.35 bits per heavy atom. The van der Waals surface area contributed by atoms with Crippen molar-refractivity contribution in [2.45, 2.75) is 65.3 Å². The fourth-order valence-electron chi connectivity index (χ4n) is 4.84. The van der Waals surface area contributed by atoms with E-state index in [2.05, 4.69) is 79.9 Å². The van der Waals surface area contributed by atoms with Crippen molar-refractivity contribution in [1.29, 1.82) is 0 Å². The van der Waals surface area contributed by atoms with Gasteiger partial charge in [-0.15, -0.1) is 0 Å². The molecule has 1 aliphatic rings. The Hall–Kier alpha value is -3.10. The van der Waals surface area contributed by atoms with E-state index in [0.717, 1.165) is 36.1 Å². The fraction of sp³-hybridized carbons (Fsp3) is 0.462. The third-order valence-corrected chi connectivity index (χ3v) is 6.44. The predicted molar refractivity (Wildman–Crippen MR) is 132 cm³/mol. The fourth-order valence-corrected chi connectivity index (χ4v) is 4.84. The average Bonchev–Trinajstić information content (AvgIpc) is 3.26. The minimum absolute atomic E-state index is 0.0791. The van der Waals surface area contributed by atoms with Crippen molar-refractivity contribution in [2.75, 3.05) is 13.1 Å². The van der Waals surface area contributed by atoms with Gasteiger partial charge in [-0.05, 0) is 42.0 Å². The Morgan fingerprint density at radius 2 is 1.68 bits per heavy atom. The summed E-state index contributed by atoms with van der Waals surface area (Å²) in [6.45, 7) is 13.7. The molecule has 3 aromatic heterocycles. The lowest BCUT2D eigenvalue weighted by molar-refractivity contribution is -0.0705. The average molecular weight is 461 g/mol. The van der Waals surface area contributed by atoms with Crippen LogP contribution < -0.4 is 5.69 Å². The summed E-state index contributed by atoms with van der Waals surface area (Å²) in [5.74, 6) is 0. The highest BCUT2D eigenvalue weighted by atomic mass is 16.5. The summed E-state index contributed by atoms with van der Waals surface area (Å²) in [4.78, 5) is 24.8. The third kappa shape index (κ3) is 4.35. The number of rotatable bonds is 4. The molecule has 0 N–H and O–H groups in total. The van der Waals surface area contributed by atoms with Crippen molar-refractivity contribution >= 4 is 16.7 Å². The van der Waals surface area contributed by atoms with E-state index in [9.17, 15) is 4.79 Å². The van der Waals surface area contributed by atoms with Crippen LogP contribution in [0.25, 0.3) is 16.7 Å². The molecule has 4 aromatic rings. The highest BCUT2D eigenvalue weighted by Crippen LogP contribution is 2.23. The molecule has 0 radical (unpaired) electrons. The van der Waals surface area contributed by atoms with Crippen molar-refractivity contribution in [3.8, 4) is 0 Å². The molecule has 5 rings (SSSR count). The van der Waals surface area contributed by atoms with Crippen LogP contribution in [0.2, 0.25) is 0 Å². The summed E-state index contributed by atoms with van der Waals surface area (Å²) >= 11 is 0. The van der Waals surface area contributed by atoms with Crippen molar-refractivity contribution < 1.29 is 4.74 Å². The first-order valence-electron chi connectivity index (χ1n) is 11.9. The van der Waals surface area contributed by atoms with E-state index in [4.69, 9.17) is 9.72 Å². The molecule has 1 fully saturated rings. The molecule has 178 valence electrons. The van der Waals surface area contributed by atoms with E-state index in [1.807, 2.05) is 6.20 Å². The first-order valence-corrected chi connectivity index (χ1v) is 11.9. The van der Waals surface area contributed by atoms with Crippen LogP contribution in [0.4, 0.5) is 0 Å². The molecule has 0 aliphatic carbocycles. The first kappa shape index (κ1) is 22.7. The Morgan fingerprint density at radius 1 is 0.971 bits per heavy atom. The van der Waals surface area contributed by atoms with Crippen LogP contribution in [-0.4, -0.2) is 54.3 Å². The smallest absolute Gasteiger partial charge is 0.352 e. The van der Waals surface area contributed by atoms with Crippen molar-refractivity contribution in [1.82, 2.24) is 29.0 Å². The third-order valence-electron chi connectivity index (χ3n) is 6.44. The van der Waals surface area contributed by atoms with Crippen LogP contribution in [-0.2, 0) is 23.2 Å². The van der Waals surface area contributed by atoms with E-state index in [-0.39, 0.29) is 23.3 Å². The van der Waals surface area contributed by atoms with Crippen LogP contribution in [0.5, 0.6) is 0 Å². The molecule has 34 heavy (non-hydrogen) atoms. The quantitative estimate of drug-likeness (QED) is 0.465. The summed E-state index contributed by atoms with van der Waals surface area (Å²) < 4.78 is 8.92. The summed E-state index contributed by atoms with van der Waals surface area (Å²) in [5.41, 5.74) is 4.38. The number of hydrogen-bond acceptors (Lipinski definition) is 6.